The van der Waals surface area contributed by atoms with Crippen LogP contribution in [0.4, 0.5) is 0 Å². The van der Waals surface area contributed by atoms with Gasteiger partial charge in [0.2, 0.25) is 0 Å². The van der Waals surface area contributed by atoms with E-state index in [2.05, 4.69) is 22.2 Å². The van der Waals surface area contributed by atoms with Crippen LogP contribution in [0.15, 0.2) is 53.7 Å². The Labute approximate surface area is 147 Å². The highest BCUT2D eigenvalue weighted by Crippen LogP contribution is 2.23. The van der Waals surface area contributed by atoms with Gasteiger partial charge in [0.25, 0.3) is 0 Å². The molecule has 0 aliphatic heterocycles. The zero-order valence-electron chi connectivity index (χ0n) is 14.5. The molecule has 0 radical (unpaired) electrons. The Kier molecular flexibility index (Phi) is 5.30. The number of hydrogen-bond donors (Lipinski definition) is 1. The smallest absolute Gasteiger partial charge is 0.167 e. The number of allylic oxidation sites excluding steroid dienone is 1. The molecule has 0 unspecified atom stereocenters. The first-order valence-electron chi connectivity index (χ1n) is 8.14. The molecule has 3 rings (SSSR count). The highest BCUT2D eigenvalue weighted by molar-refractivity contribution is 5.58. The lowest BCUT2D eigenvalue weighted by molar-refractivity contribution is 0.413. The van der Waals surface area contributed by atoms with Crippen LogP contribution in [0.5, 0.6) is 5.75 Å². The Morgan fingerprint density at radius 1 is 1.28 bits per heavy atom. The molecule has 0 aliphatic carbocycles. The van der Waals surface area contributed by atoms with Crippen molar-refractivity contribution in [1.29, 1.82) is 0 Å². The van der Waals surface area contributed by atoms with Crippen molar-refractivity contribution in [2.75, 3.05) is 7.11 Å². The number of nitrogens with one attached hydrogen (secondary N) is 1. The van der Waals surface area contributed by atoms with Crippen molar-refractivity contribution in [1.82, 2.24) is 20.3 Å². The zero-order valence-corrected chi connectivity index (χ0v) is 14.5. The number of benzene rings is 1. The summed E-state index contributed by atoms with van der Waals surface area (Å²) < 4.78 is 12.5. The van der Waals surface area contributed by atoms with Crippen molar-refractivity contribution in [3.63, 3.8) is 0 Å². The highest BCUT2D eigenvalue weighted by Gasteiger charge is 2.08. The molecule has 25 heavy (non-hydrogen) atoms. The van der Waals surface area contributed by atoms with E-state index in [1.165, 1.54) is 5.56 Å². The maximum absolute atomic E-state index is 5.43. The standard InChI is InChI=1S/C19H22N4O2/c1-4-9-23-13-16(14(2)21-23)11-20-12-17-10-19(25-22-17)15-5-7-18(24-3)8-6-15/h4-8,10,13,20H,1,9,11-12H2,2-3H3. The number of rotatable bonds is 8. The van der Waals surface area contributed by atoms with Crippen molar-refractivity contribution in [3.05, 3.63) is 66.1 Å². The lowest BCUT2D eigenvalue weighted by Crippen LogP contribution is -2.13. The van der Waals surface area contributed by atoms with Gasteiger partial charge >= 0.3 is 0 Å². The summed E-state index contributed by atoms with van der Waals surface area (Å²) in [4.78, 5) is 0. The fourth-order valence-corrected chi connectivity index (χ4v) is 2.57. The summed E-state index contributed by atoms with van der Waals surface area (Å²) in [6, 6.07) is 9.66. The Balaban J connectivity index is 1.57. The molecule has 0 amide bonds. The van der Waals surface area contributed by atoms with Crippen molar-refractivity contribution in [3.8, 4) is 17.1 Å². The van der Waals surface area contributed by atoms with E-state index in [0.29, 0.717) is 6.54 Å². The van der Waals surface area contributed by atoms with E-state index < -0.39 is 0 Å². The van der Waals surface area contributed by atoms with Crippen LogP contribution in [-0.2, 0) is 19.6 Å². The topological polar surface area (TPSA) is 65.1 Å². The second-order valence-corrected chi connectivity index (χ2v) is 5.77. The average molecular weight is 338 g/mol. The monoisotopic (exact) mass is 338 g/mol. The third-order valence-electron chi connectivity index (χ3n) is 3.92. The number of ether oxygens (including phenoxy) is 1. The predicted molar refractivity (Wildman–Crippen MR) is 96.2 cm³/mol. The molecule has 6 nitrogen and oxygen atoms in total. The summed E-state index contributed by atoms with van der Waals surface area (Å²) in [6.45, 7) is 7.82. The second kappa shape index (κ2) is 7.81. The Morgan fingerprint density at radius 3 is 2.80 bits per heavy atom. The summed E-state index contributed by atoms with van der Waals surface area (Å²) in [6.07, 6.45) is 3.87. The summed E-state index contributed by atoms with van der Waals surface area (Å²) in [7, 11) is 1.65. The molecule has 3 aromatic rings. The van der Waals surface area contributed by atoms with Gasteiger partial charge in [0.15, 0.2) is 5.76 Å². The average Bonchev–Trinajstić information content (AvgIpc) is 3.23. The van der Waals surface area contributed by atoms with E-state index in [4.69, 9.17) is 9.26 Å². The lowest BCUT2D eigenvalue weighted by Gasteiger charge is -2.00. The Morgan fingerprint density at radius 2 is 2.08 bits per heavy atom. The van der Waals surface area contributed by atoms with E-state index in [1.807, 2.05) is 54.2 Å². The molecule has 0 saturated carbocycles. The number of aromatic nitrogens is 3. The molecule has 6 heteroatoms. The third kappa shape index (κ3) is 4.16. The Hall–Kier alpha value is -2.86. The largest absolute Gasteiger partial charge is 0.497 e. The molecular formula is C19H22N4O2. The van der Waals surface area contributed by atoms with Crippen LogP contribution in [0.3, 0.4) is 0 Å². The molecule has 0 saturated heterocycles. The fourth-order valence-electron chi connectivity index (χ4n) is 2.57. The van der Waals surface area contributed by atoms with Crippen molar-refractivity contribution in [2.24, 2.45) is 0 Å². The van der Waals surface area contributed by atoms with Crippen LogP contribution in [-0.4, -0.2) is 22.0 Å². The van der Waals surface area contributed by atoms with Gasteiger partial charge in [-0.1, -0.05) is 11.2 Å². The van der Waals surface area contributed by atoms with Crippen LogP contribution in [0.2, 0.25) is 0 Å². The molecule has 0 aliphatic rings. The second-order valence-electron chi connectivity index (χ2n) is 5.77. The van der Waals surface area contributed by atoms with E-state index >= 15 is 0 Å². The van der Waals surface area contributed by atoms with Crippen LogP contribution in [0, 0.1) is 6.92 Å². The van der Waals surface area contributed by atoms with Crippen molar-refractivity contribution < 1.29 is 9.26 Å². The maximum atomic E-state index is 5.43. The van der Waals surface area contributed by atoms with Gasteiger partial charge < -0.3 is 14.6 Å². The number of hydrogen-bond acceptors (Lipinski definition) is 5. The van der Waals surface area contributed by atoms with E-state index in [1.54, 1.807) is 7.11 Å². The summed E-state index contributed by atoms with van der Waals surface area (Å²) in [5, 5.41) is 11.9. The van der Waals surface area contributed by atoms with E-state index in [0.717, 1.165) is 41.6 Å². The van der Waals surface area contributed by atoms with Crippen molar-refractivity contribution in [2.45, 2.75) is 26.6 Å². The van der Waals surface area contributed by atoms with Crippen LogP contribution in [0.1, 0.15) is 17.0 Å². The van der Waals surface area contributed by atoms with Gasteiger partial charge in [-0.2, -0.15) is 5.10 Å². The van der Waals surface area contributed by atoms with Gasteiger partial charge in [0.1, 0.15) is 5.75 Å². The lowest BCUT2D eigenvalue weighted by atomic mass is 10.1. The fraction of sp³-hybridized carbons (Fsp3) is 0.263. The van der Waals surface area contributed by atoms with E-state index in [9.17, 15) is 0 Å². The normalized spacial score (nSPS) is 10.8. The molecule has 0 bridgehead atoms. The quantitative estimate of drug-likeness (QED) is 0.638. The highest BCUT2D eigenvalue weighted by atomic mass is 16.5. The Bertz CT molecular complexity index is 833. The van der Waals surface area contributed by atoms with Gasteiger partial charge in [-0.25, -0.2) is 0 Å². The molecule has 2 aromatic heterocycles. The SMILES string of the molecule is C=CCn1cc(CNCc2cc(-c3ccc(OC)cc3)on2)c(C)n1. The zero-order chi connectivity index (χ0) is 17.6. The molecule has 1 aromatic carbocycles. The first-order valence-corrected chi connectivity index (χ1v) is 8.14. The molecule has 1 N–H and O–H groups in total. The minimum Gasteiger partial charge on any atom is -0.497 e. The van der Waals surface area contributed by atoms with Gasteiger partial charge in [0, 0.05) is 36.5 Å². The molecule has 0 fully saturated rings. The van der Waals surface area contributed by atoms with Gasteiger partial charge in [0.05, 0.1) is 25.0 Å². The summed E-state index contributed by atoms with van der Waals surface area (Å²) in [5.41, 5.74) is 4.03. The van der Waals surface area contributed by atoms with Crippen molar-refractivity contribution >= 4 is 0 Å². The first-order chi connectivity index (χ1) is 12.2. The molecule has 2 heterocycles. The van der Waals surface area contributed by atoms with Gasteiger partial charge in [-0.15, -0.1) is 6.58 Å². The summed E-state index contributed by atoms with van der Waals surface area (Å²) in [5.74, 6) is 1.56. The maximum Gasteiger partial charge on any atom is 0.167 e. The number of aryl methyl sites for hydroxylation is 1. The first kappa shape index (κ1) is 17.0. The third-order valence-corrected chi connectivity index (χ3v) is 3.92. The van der Waals surface area contributed by atoms with Crippen LogP contribution >= 0.6 is 0 Å². The molecule has 130 valence electrons. The van der Waals surface area contributed by atoms with Crippen LogP contribution < -0.4 is 10.1 Å². The molecule has 0 atom stereocenters. The minimum atomic E-state index is 0.631. The summed E-state index contributed by atoms with van der Waals surface area (Å²) >= 11 is 0. The minimum absolute atomic E-state index is 0.631. The molecular weight excluding hydrogens is 316 g/mol. The number of methoxy groups -OCH3 is 1. The van der Waals surface area contributed by atoms with Gasteiger partial charge in [-0.05, 0) is 31.2 Å². The molecule has 0 spiro atoms. The van der Waals surface area contributed by atoms with E-state index in [-0.39, 0.29) is 0 Å². The van der Waals surface area contributed by atoms with Crippen LogP contribution in [0.25, 0.3) is 11.3 Å². The number of nitrogens with zero attached hydrogens (tertiary/aromatic N) is 3. The van der Waals surface area contributed by atoms with Gasteiger partial charge in [-0.3, -0.25) is 4.68 Å². The predicted octanol–water partition coefficient (Wildman–Crippen LogP) is 3.33.